The Hall–Kier alpha value is -0.800. The van der Waals surface area contributed by atoms with E-state index < -0.39 is 40.2 Å². The molecule has 1 unspecified atom stereocenters. The Morgan fingerprint density at radius 1 is 1.60 bits per heavy atom. The van der Waals surface area contributed by atoms with Crippen LogP contribution in [-0.4, -0.2) is 54.5 Å². The summed E-state index contributed by atoms with van der Waals surface area (Å²) in [6.45, 7) is 0. The van der Waals surface area contributed by atoms with E-state index in [0.717, 1.165) is 4.57 Å². The monoisotopic (exact) mass is 320 g/mol. The average Bonchev–Trinajstić information content (AvgIpc) is 2.73. The summed E-state index contributed by atoms with van der Waals surface area (Å²) in [5.74, 6) is 0.350. The van der Waals surface area contributed by atoms with Crippen molar-refractivity contribution in [1.29, 1.82) is 0 Å². The summed E-state index contributed by atoms with van der Waals surface area (Å²) in [6, 6.07) is 1.17. The van der Waals surface area contributed by atoms with Crippen molar-refractivity contribution in [1.82, 2.24) is 9.55 Å². The number of fused-ring (bicyclic) bond motifs is 1. The number of halogens is 1. The van der Waals surface area contributed by atoms with Gasteiger partial charge in [0.15, 0.2) is 6.23 Å². The minimum atomic E-state index is -1.59. The first-order valence-corrected chi connectivity index (χ1v) is 7.74. The smallest absolute Gasteiger partial charge is 0.330 e. The first-order valence-electron chi connectivity index (χ1n) is 5.91. The molecule has 1 saturated carbocycles. The highest BCUT2D eigenvalue weighted by molar-refractivity contribution is 7.98. The number of aromatic nitrogens is 2. The number of hydrogen-bond acceptors (Lipinski definition) is 6. The van der Waals surface area contributed by atoms with Crippen LogP contribution in [0.5, 0.6) is 0 Å². The van der Waals surface area contributed by atoms with Gasteiger partial charge in [0.2, 0.25) is 0 Å². The predicted molar refractivity (Wildman–Crippen MR) is 73.2 cm³/mol. The van der Waals surface area contributed by atoms with Crippen molar-refractivity contribution in [2.75, 3.05) is 12.0 Å². The Kier molecular flexibility index (Phi) is 3.07. The highest BCUT2D eigenvalue weighted by atomic mass is 35.5. The third-order valence-electron chi connectivity index (χ3n) is 3.94. The molecule has 0 spiro atoms. The highest BCUT2D eigenvalue weighted by Gasteiger charge is 2.86. The predicted octanol–water partition coefficient (Wildman–Crippen LogP) is -1.12. The number of hydrogen-bond donors (Lipinski definition) is 3. The van der Waals surface area contributed by atoms with Gasteiger partial charge in [-0.1, -0.05) is 0 Å². The van der Waals surface area contributed by atoms with Crippen molar-refractivity contribution in [3.8, 4) is 0 Å². The van der Waals surface area contributed by atoms with Crippen LogP contribution < -0.4 is 11.2 Å². The summed E-state index contributed by atoms with van der Waals surface area (Å²) in [6.07, 6.45) is 1.04. The quantitative estimate of drug-likeness (QED) is 0.609. The van der Waals surface area contributed by atoms with Gasteiger partial charge in [-0.05, 0) is 6.26 Å². The fourth-order valence-electron chi connectivity index (χ4n) is 2.80. The summed E-state index contributed by atoms with van der Waals surface area (Å²) < 4.78 is 6.79. The van der Waals surface area contributed by atoms with Gasteiger partial charge in [0, 0.05) is 18.0 Å². The lowest BCUT2D eigenvalue weighted by molar-refractivity contribution is -0.0554. The molecule has 2 fully saturated rings. The molecule has 7 nitrogen and oxygen atoms in total. The molecule has 3 rings (SSSR count). The second-order valence-electron chi connectivity index (χ2n) is 4.98. The largest absolute Gasteiger partial charge is 0.387 e. The summed E-state index contributed by atoms with van der Waals surface area (Å²) in [5.41, 5.74) is -3.96. The van der Waals surface area contributed by atoms with Crippen molar-refractivity contribution in [3.05, 3.63) is 33.1 Å². The maximum absolute atomic E-state index is 11.8. The van der Waals surface area contributed by atoms with Crippen LogP contribution in [0.4, 0.5) is 0 Å². The van der Waals surface area contributed by atoms with Crippen molar-refractivity contribution in [2.24, 2.45) is 0 Å². The minimum absolute atomic E-state index is 0.350. The van der Waals surface area contributed by atoms with Gasteiger partial charge in [-0.2, -0.15) is 11.8 Å². The molecule has 1 aliphatic carbocycles. The zero-order valence-corrected chi connectivity index (χ0v) is 12.0. The lowest BCUT2D eigenvalue weighted by atomic mass is 10.2. The van der Waals surface area contributed by atoms with Crippen molar-refractivity contribution >= 4 is 23.4 Å². The minimum Gasteiger partial charge on any atom is -0.387 e. The van der Waals surface area contributed by atoms with Crippen LogP contribution in [-0.2, 0) is 4.74 Å². The van der Waals surface area contributed by atoms with Crippen molar-refractivity contribution < 1.29 is 14.9 Å². The number of ether oxygens (including phenoxy) is 1. The molecule has 0 bridgehead atoms. The Morgan fingerprint density at radius 2 is 2.30 bits per heavy atom. The van der Waals surface area contributed by atoms with Gasteiger partial charge in [0.25, 0.3) is 5.56 Å². The number of alkyl halides is 1. The van der Waals surface area contributed by atoms with Crippen molar-refractivity contribution in [3.63, 3.8) is 0 Å². The lowest BCUT2D eigenvalue weighted by Crippen LogP contribution is -2.39. The van der Waals surface area contributed by atoms with E-state index in [1.807, 2.05) is 6.26 Å². The summed E-state index contributed by atoms with van der Waals surface area (Å²) >= 11 is 7.58. The van der Waals surface area contributed by atoms with Crippen LogP contribution in [0, 0.1) is 0 Å². The fourth-order valence-corrected chi connectivity index (χ4v) is 4.16. The molecule has 0 radical (unpaired) electrons. The third-order valence-corrected chi connectivity index (χ3v) is 5.20. The molecular weight excluding hydrogens is 308 g/mol. The molecule has 9 heteroatoms. The molecule has 20 heavy (non-hydrogen) atoms. The number of thioether (sulfide) groups is 1. The van der Waals surface area contributed by atoms with Gasteiger partial charge in [0.1, 0.15) is 22.7 Å². The van der Waals surface area contributed by atoms with Crippen molar-refractivity contribution in [2.45, 2.75) is 28.9 Å². The second kappa shape index (κ2) is 4.35. The third kappa shape index (κ3) is 1.54. The standard InChI is InChI=1S/C11H13ClN2O5S/c1-20-4-10-8(16)11(10,18)6(12)7(19-10)14-3-2-5(15)13-9(14)17/h2-3,6-8,16,18H,4H2,1H3,(H,13,15,17)/t6-,7+,8?,10+,11+/m0/s1. The Labute approximate surface area is 122 Å². The van der Waals surface area contributed by atoms with Gasteiger partial charge >= 0.3 is 5.69 Å². The van der Waals surface area contributed by atoms with E-state index in [-0.39, 0.29) is 0 Å². The number of aliphatic hydroxyl groups is 2. The van der Waals surface area contributed by atoms with Crippen LogP contribution >= 0.6 is 23.4 Å². The lowest BCUT2D eigenvalue weighted by Gasteiger charge is -2.22. The maximum atomic E-state index is 11.8. The summed E-state index contributed by atoms with van der Waals surface area (Å²) in [5, 5.41) is 19.4. The molecule has 0 amide bonds. The Balaban J connectivity index is 1.99. The molecule has 1 aromatic heterocycles. The number of aromatic amines is 1. The molecule has 2 aliphatic rings. The molecule has 1 aromatic rings. The Morgan fingerprint density at radius 3 is 2.90 bits per heavy atom. The molecule has 110 valence electrons. The van der Waals surface area contributed by atoms with E-state index in [4.69, 9.17) is 16.3 Å². The van der Waals surface area contributed by atoms with E-state index in [1.54, 1.807) is 0 Å². The number of nitrogens with zero attached hydrogens (tertiary/aromatic N) is 1. The zero-order valence-electron chi connectivity index (χ0n) is 10.4. The van der Waals surface area contributed by atoms with Crippen LogP contribution in [0.3, 0.4) is 0 Å². The van der Waals surface area contributed by atoms with E-state index >= 15 is 0 Å². The van der Waals surface area contributed by atoms with Gasteiger partial charge in [0.05, 0.1) is 0 Å². The number of H-pyrrole nitrogens is 1. The maximum Gasteiger partial charge on any atom is 0.330 e. The first-order chi connectivity index (χ1) is 9.38. The van der Waals surface area contributed by atoms with Gasteiger partial charge < -0.3 is 14.9 Å². The molecule has 1 saturated heterocycles. The second-order valence-corrected chi connectivity index (χ2v) is 6.31. The Bertz CT molecular complexity index is 663. The van der Waals surface area contributed by atoms with E-state index in [2.05, 4.69) is 4.98 Å². The normalized spacial score (nSPS) is 42.5. The molecular formula is C11H13ClN2O5S. The van der Waals surface area contributed by atoms with E-state index in [0.29, 0.717) is 5.75 Å². The number of aliphatic hydroxyl groups excluding tert-OH is 1. The molecule has 1 aliphatic heterocycles. The summed E-state index contributed by atoms with van der Waals surface area (Å²) in [4.78, 5) is 24.9. The molecule has 3 N–H and O–H groups in total. The molecule has 2 heterocycles. The van der Waals surface area contributed by atoms with Gasteiger partial charge in [-0.15, -0.1) is 11.6 Å². The molecule has 5 atom stereocenters. The number of rotatable bonds is 3. The van der Waals surface area contributed by atoms with Crippen LogP contribution in [0.2, 0.25) is 0 Å². The fraction of sp³-hybridized carbons (Fsp3) is 0.636. The summed E-state index contributed by atoms with van der Waals surface area (Å²) in [7, 11) is 0. The van der Waals surface area contributed by atoms with Gasteiger partial charge in [-0.25, -0.2) is 4.79 Å². The number of nitrogens with one attached hydrogen (secondary N) is 1. The SMILES string of the molecule is CSC[C@]12O[C@@H](n3ccc(=O)[nH]c3=O)[C@H](Cl)[C@@]1(O)C2O. The van der Waals surface area contributed by atoms with Crippen LogP contribution in [0.1, 0.15) is 6.23 Å². The average molecular weight is 321 g/mol. The van der Waals surface area contributed by atoms with Gasteiger partial charge in [-0.3, -0.25) is 14.3 Å². The zero-order chi connectivity index (χ0) is 14.7. The van der Waals surface area contributed by atoms with Crippen LogP contribution in [0.25, 0.3) is 0 Å². The topological polar surface area (TPSA) is 105 Å². The van der Waals surface area contributed by atoms with E-state index in [9.17, 15) is 19.8 Å². The highest BCUT2D eigenvalue weighted by Crippen LogP contribution is 2.64. The molecule has 0 aromatic carbocycles. The van der Waals surface area contributed by atoms with E-state index in [1.165, 1.54) is 24.0 Å². The van der Waals surface area contributed by atoms with Crippen LogP contribution in [0.15, 0.2) is 21.9 Å². The first kappa shape index (κ1) is 14.2.